The van der Waals surface area contributed by atoms with Crippen LogP contribution in [-0.2, 0) is 22.4 Å². The minimum atomic E-state index is -0.398. The molecule has 1 aromatic heterocycles. The van der Waals surface area contributed by atoms with Gasteiger partial charge in [-0.2, -0.15) is 0 Å². The van der Waals surface area contributed by atoms with Gasteiger partial charge in [-0.15, -0.1) is 11.3 Å². The number of hydrogen-bond donors (Lipinski definition) is 1. The van der Waals surface area contributed by atoms with Gasteiger partial charge >= 0.3 is 5.97 Å². The fourth-order valence-electron chi connectivity index (χ4n) is 1.89. The molecule has 5 heteroatoms. The molecule has 0 saturated heterocycles. The number of nitrogens with one attached hydrogen (secondary N) is 1. The van der Waals surface area contributed by atoms with Gasteiger partial charge in [-0.05, 0) is 37.8 Å². The first-order valence-corrected chi connectivity index (χ1v) is 6.57. The SMILES string of the molecule is CCOC(=O)CNC(=O)c1cc2c(s1)CCC2. The molecule has 0 saturated carbocycles. The van der Waals surface area contributed by atoms with Crippen molar-refractivity contribution < 1.29 is 14.3 Å². The van der Waals surface area contributed by atoms with Crippen LogP contribution in [-0.4, -0.2) is 25.0 Å². The van der Waals surface area contributed by atoms with E-state index in [4.69, 9.17) is 4.74 Å². The number of carbonyl (C=O) groups is 2. The molecule has 0 fully saturated rings. The monoisotopic (exact) mass is 253 g/mol. The van der Waals surface area contributed by atoms with Gasteiger partial charge in [0, 0.05) is 4.88 Å². The van der Waals surface area contributed by atoms with E-state index in [1.165, 1.54) is 28.2 Å². The first-order chi connectivity index (χ1) is 8.20. The maximum absolute atomic E-state index is 11.8. The predicted molar refractivity (Wildman–Crippen MR) is 65.3 cm³/mol. The number of thiophene rings is 1. The standard InChI is InChI=1S/C12H15NO3S/c1-2-16-11(14)7-13-12(15)10-6-8-4-3-5-9(8)17-10/h6H,2-5,7H2,1H3,(H,13,15). The highest BCUT2D eigenvalue weighted by Gasteiger charge is 2.18. The highest BCUT2D eigenvalue weighted by atomic mass is 32.1. The van der Waals surface area contributed by atoms with Gasteiger partial charge in [0.25, 0.3) is 5.91 Å². The summed E-state index contributed by atoms with van der Waals surface area (Å²) in [5, 5.41) is 2.57. The van der Waals surface area contributed by atoms with E-state index in [-0.39, 0.29) is 12.5 Å². The molecular formula is C12H15NO3S. The third kappa shape index (κ3) is 2.85. The van der Waals surface area contributed by atoms with Crippen LogP contribution in [0.1, 0.15) is 33.5 Å². The van der Waals surface area contributed by atoms with E-state index in [9.17, 15) is 9.59 Å². The van der Waals surface area contributed by atoms with E-state index in [1.54, 1.807) is 6.92 Å². The van der Waals surface area contributed by atoms with Crippen molar-refractivity contribution in [2.45, 2.75) is 26.2 Å². The number of esters is 1. The van der Waals surface area contributed by atoms with Crippen LogP contribution in [0.4, 0.5) is 0 Å². The summed E-state index contributed by atoms with van der Waals surface area (Å²) >= 11 is 1.53. The summed E-state index contributed by atoms with van der Waals surface area (Å²) in [7, 11) is 0. The quantitative estimate of drug-likeness (QED) is 0.828. The lowest BCUT2D eigenvalue weighted by atomic mass is 10.2. The Morgan fingerprint density at radius 3 is 3.00 bits per heavy atom. The number of ether oxygens (including phenoxy) is 1. The van der Waals surface area contributed by atoms with Crippen LogP contribution in [0.3, 0.4) is 0 Å². The first kappa shape index (κ1) is 12.1. The zero-order valence-corrected chi connectivity index (χ0v) is 10.6. The molecule has 0 radical (unpaired) electrons. The molecule has 1 aliphatic rings. The maximum atomic E-state index is 11.8. The molecule has 1 heterocycles. The van der Waals surface area contributed by atoms with Crippen LogP contribution in [0.15, 0.2) is 6.07 Å². The molecule has 4 nitrogen and oxygen atoms in total. The van der Waals surface area contributed by atoms with Crippen LogP contribution in [0.5, 0.6) is 0 Å². The molecule has 1 N–H and O–H groups in total. The Balaban J connectivity index is 1.89. The number of hydrogen-bond acceptors (Lipinski definition) is 4. The molecule has 1 aromatic rings. The largest absolute Gasteiger partial charge is 0.465 e. The second-order valence-corrected chi connectivity index (χ2v) is 5.04. The molecule has 0 unspecified atom stereocenters. The van der Waals surface area contributed by atoms with Gasteiger partial charge in [0.05, 0.1) is 11.5 Å². The average Bonchev–Trinajstić information content (AvgIpc) is 2.86. The van der Waals surface area contributed by atoms with Crippen molar-refractivity contribution in [3.63, 3.8) is 0 Å². The van der Waals surface area contributed by atoms with Gasteiger partial charge < -0.3 is 10.1 Å². The van der Waals surface area contributed by atoms with E-state index < -0.39 is 5.97 Å². The Hall–Kier alpha value is -1.36. The van der Waals surface area contributed by atoms with Crippen LogP contribution in [0, 0.1) is 0 Å². The fourth-order valence-corrected chi connectivity index (χ4v) is 3.06. The third-order valence-electron chi connectivity index (χ3n) is 2.67. The Morgan fingerprint density at radius 2 is 2.29 bits per heavy atom. The fraction of sp³-hybridized carbons (Fsp3) is 0.500. The van der Waals surface area contributed by atoms with Crippen molar-refractivity contribution in [2.24, 2.45) is 0 Å². The second kappa shape index (κ2) is 5.31. The molecule has 0 spiro atoms. The van der Waals surface area contributed by atoms with E-state index in [1.807, 2.05) is 6.07 Å². The molecule has 17 heavy (non-hydrogen) atoms. The average molecular weight is 253 g/mol. The number of carbonyl (C=O) groups excluding carboxylic acids is 2. The van der Waals surface area contributed by atoms with Crippen molar-refractivity contribution in [3.8, 4) is 0 Å². The molecule has 1 aliphatic carbocycles. The Bertz CT molecular complexity index is 417. The molecular weight excluding hydrogens is 238 g/mol. The first-order valence-electron chi connectivity index (χ1n) is 5.76. The lowest BCUT2D eigenvalue weighted by Gasteiger charge is -2.03. The summed E-state index contributed by atoms with van der Waals surface area (Å²) in [6.07, 6.45) is 3.33. The lowest BCUT2D eigenvalue weighted by Crippen LogP contribution is -2.30. The molecule has 1 amide bonds. The summed E-state index contributed by atoms with van der Waals surface area (Å²) in [5.74, 6) is -0.581. The summed E-state index contributed by atoms with van der Waals surface area (Å²) in [6, 6.07) is 1.94. The van der Waals surface area contributed by atoms with Gasteiger partial charge in [-0.1, -0.05) is 0 Å². The van der Waals surface area contributed by atoms with E-state index in [0.29, 0.717) is 11.5 Å². The normalized spacial score (nSPS) is 13.2. The lowest BCUT2D eigenvalue weighted by molar-refractivity contribution is -0.141. The summed E-state index contributed by atoms with van der Waals surface area (Å²) in [5.41, 5.74) is 1.29. The highest BCUT2D eigenvalue weighted by Crippen LogP contribution is 2.30. The minimum absolute atomic E-state index is 0.0603. The molecule has 0 aromatic carbocycles. The smallest absolute Gasteiger partial charge is 0.325 e. The van der Waals surface area contributed by atoms with Crippen LogP contribution >= 0.6 is 11.3 Å². The third-order valence-corrected chi connectivity index (χ3v) is 3.90. The van der Waals surface area contributed by atoms with Crippen molar-refractivity contribution in [1.29, 1.82) is 0 Å². The number of aryl methyl sites for hydroxylation is 2. The number of rotatable bonds is 4. The minimum Gasteiger partial charge on any atom is -0.465 e. The number of amides is 1. The molecule has 0 atom stereocenters. The van der Waals surface area contributed by atoms with Crippen molar-refractivity contribution in [2.75, 3.05) is 13.2 Å². The zero-order valence-electron chi connectivity index (χ0n) is 9.75. The van der Waals surface area contributed by atoms with Crippen LogP contribution < -0.4 is 5.32 Å². The molecule has 2 rings (SSSR count). The Kier molecular flexibility index (Phi) is 3.78. The van der Waals surface area contributed by atoms with Gasteiger partial charge in [0.1, 0.15) is 6.54 Å². The maximum Gasteiger partial charge on any atom is 0.325 e. The Morgan fingerprint density at radius 1 is 1.47 bits per heavy atom. The summed E-state index contributed by atoms with van der Waals surface area (Å²) < 4.78 is 4.74. The topological polar surface area (TPSA) is 55.4 Å². The molecule has 0 bridgehead atoms. The van der Waals surface area contributed by atoms with Gasteiger partial charge in [0.2, 0.25) is 0 Å². The second-order valence-electron chi connectivity index (χ2n) is 3.90. The van der Waals surface area contributed by atoms with Gasteiger partial charge in [-0.3, -0.25) is 9.59 Å². The summed E-state index contributed by atoms with van der Waals surface area (Å²) in [6.45, 7) is 2.01. The zero-order chi connectivity index (χ0) is 12.3. The van der Waals surface area contributed by atoms with Crippen molar-refractivity contribution in [3.05, 3.63) is 21.4 Å². The van der Waals surface area contributed by atoms with Crippen molar-refractivity contribution in [1.82, 2.24) is 5.32 Å². The van der Waals surface area contributed by atoms with Crippen LogP contribution in [0.2, 0.25) is 0 Å². The molecule has 0 aliphatic heterocycles. The number of fused-ring (bicyclic) bond motifs is 1. The van der Waals surface area contributed by atoms with E-state index >= 15 is 0 Å². The predicted octanol–water partition coefficient (Wildman–Crippen LogP) is 1.53. The van der Waals surface area contributed by atoms with E-state index in [2.05, 4.69) is 5.32 Å². The van der Waals surface area contributed by atoms with E-state index in [0.717, 1.165) is 12.8 Å². The van der Waals surface area contributed by atoms with Crippen molar-refractivity contribution >= 4 is 23.2 Å². The van der Waals surface area contributed by atoms with Gasteiger partial charge in [0.15, 0.2) is 0 Å². The Labute approximate surface area is 104 Å². The van der Waals surface area contributed by atoms with Gasteiger partial charge in [-0.25, -0.2) is 0 Å². The summed E-state index contributed by atoms with van der Waals surface area (Å²) in [4.78, 5) is 24.8. The molecule has 92 valence electrons. The highest BCUT2D eigenvalue weighted by molar-refractivity contribution is 7.14. The van der Waals surface area contributed by atoms with Crippen LogP contribution in [0.25, 0.3) is 0 Å².